The van der Waals surface area contributed by atoms with Crippen LogP contribution in [0.3, 0.4) is 0 Å². The molecule has 0 bridgehead atoms. The molecule has 166 valence electrons. The topological polar surface area (TPSA) is 111 Å². The van der Waals surface area contributed by atoms with Crippen molar-refractivity contribution in [1.29, 1.82) is 0 Å². The van der Waals surface area contributed by atoms with Gasteiger partial charge in [0.1, 0.15) is 11.9 Å². The second kappa shape index (κ2) is 8.45. The van der Waals surface area contributed by atoms with Gasteiger partial charge in [-0.15, -0.1) is 0 Å². The second-order valence-corrected chi connectivity index (χ2v) is 9.19. The van der Waals surface area contributed by atoms with E-state index in [0.717, 1.165) is 81.2 Å². The molecule has 2 aliphatic heterocycles. The lowest BCUT2D eigenvalue weighted by Gasteiger charge is -2.26. The monoisotopic (exact) mass is 424 g/mol. The van der Waals surface area contributed by atoms with Crippen LogP contribution in [0, 0.1) is 0 Å². The number of aryl methyl sites for hydroxylation is 1. The van der Waals surface area contributed by atoms with Gasteiger partial charge in [0.05, 0.1) is 5.69 Å². The minimum absolute atomic E-state index is 0.0960. The van der Waals surface area contributed by atoms with Crippen molar-refractivity contribution in [3.05, 3.63) is 23.0 Å². The van der Waals surface area contributed by atoms with Crippen LogP contribution in [0.2, 0.25) is 0 Å². The summed E-state index contributed by atoms with van der Waals surface area (Å²) in [6.45, 7) is 6.90. The van der Waals surface area contributed by atoms with Gasteiger partial charge < -0.3 is 20.9 Å². The number of aromatic amines is 1. The van der Waals surface area contributed by atoms with E-state index in [0.29, 0.717) is 11.9 Å². The normalized spacial score (nSPS) is 22.9. The zero-order chi connectivity index (χ0) is 21.4. The molecule has 31 heavy (non-hydrogen) atoms. The van der Waals surface area contributed by atoms with E-state index in [4.69, 9.17) is 9.97 Å². The van der Waals surface area contributed by atoms with E-state index in [-0.39, 0.29) is 18.0 Å². The molecule has 2 atom stereocenters. The Bertz CT molecular complexity index is 949. The molecular formula is C22H32N8O. The first kappa shape index (κ1) is 20.2. The summed E-state index contributed by atoms with van der Waals surface area (Å²) < 4.78 is 0. The summed E-state index contributed by atoms with van der Waals surface area (Å²) in [6.07, 6.45) is 5.81. The van der Waals surface area contributed by atoms with Gasteiger partial charge in [-0.1, -0.05) is 13.8 Å². The van der Waals surface area contributed by atoms with E-state index in [9.17, 15) is 4.79 Å². The number of anilines is 3. The van der Waals surface area contributed by atoms with Crippen molar-refractivity contribution in [2.45, 2.75) is 70.4 Å². The first-order chi connectivity index (χ1) is 15.1. The zero-order valence-corrected chi connectivity index (χ0v) is 18.4. The highest BCUT2D eigenvalue weighted by molar-refractivity contribution is 5.85. The van der Waals surface area contributed by atoms with Crippen molar-refractivity contribution in [2.24, 2.45) is 0 Å². The molecule has 4 N–H and O–H groups in total. The number of nitrogens with zero attached hydrogens (tertiary/aromatic N) is 4. The molecule has 1 aliphatic carbocycles. The number of nitrogens with one attached hydrogen (secondary N) is 4. The SMILES string of the molecule is CC(C)c1cc(Nc2nc(N3CCC[C@H]3C(=O)N[C@@H]3CCNC3)nc3c2CCC3)n[nH]1. The predicted molar refractivity (Wildman–Crippen MR) is 120 cm³/mol. The van der Waals surface area contributed by atoms with E-state index in [2.05, 4.69) is 44.9 Å². The Morgan fingerprint density at radius 1 is 1.23 bits per heavy atom. The van der Waals surface area contributed by atoms with Gasteiger partial charge in [-0.3, -0.25) is 9.89 Å². The molecule has 2 aromatic heterocycles. The van der Waals surface area contributed by atoms with Crippen LogP contribution in [0.1, 0.15) is 62.4 Å². The molecule has 1 amide bonds. The molecule has 3 aliphatic rings. The number of aromatic nitrogens is 4. The second-order valence-electron chi connectivity index (χ2n) is 9.19. The molecule has 9 nitrogen and oxygen atoms in total. The van der Waals surface area contributed by atoms with Gasteiger partial charge >= 0.3 is 0 Å². The van der Waals surface area contributed by atoms with Gasteiger partial charge in [-0.2, -0.15) is 10.1 Å². The number of hydrogen-bond donors (Lipinski definition) is 4. The minimum Gasteiger partial charge on any atom is -0.350 e. The zero-order valence-electron chi connectivity index (χ0n) is 18.4. The Kier molecular flexibility index (Phi) is 5.52. The maximum atomic E-state index is 13.0. The number of rotatable bonds is 6. The minimum atomic E-state index is -0.203. The molecule has 4 heterocycles. The molecule has 5 rings (SSSR count). The van der Waals surface area contributed by atoms with Gasteiger partial charge in [-0.05, 0) is 51.0 Å². The van der Waals surface area contributed by atoms with Crippen LogP contribution in [0.5, 0.6) is 0 Å². The van der Waals surface area contributed by atoms with E-state index >= 15 is 0 Å². The number of H-pyrrole nitrogens is 1. The lowest BCUT2D eigenvalue weighted by molar-refractivity contribution is -0.122. The quantitative estimate of drug-likeness (QED) is 0.561. The average molecular weight is 425 g/mol. The fraction of sp³-hybridized carbons (Fsp3) is 0.636. The van der Waals surface area contributed by atoms with Crippen molar-refractivity contribution < 1.29 is 4.79 Å². The third-order valence-electron chi connectivity index (χ3n) is 6.61. The van der Waals surface area contributed by atoms with Crippen molar-refractivity contribution in [3.8, 4) is 0 Å². The Labute approximate surface area is 182 Å². The van der Waals surface area contributed by atoms with Crippen molar-refractivity contribution in [3.63, 3.8) is 0 Å². The van der Waals surface area contributed by atoms with Gasteiger partial charge in [0.2, 0.25) is 11.9 Å². The summed E-state index contributed by atoms with van der Waals surface area (Å²) in [5.74, 6) is 2.73. The van der Waals surface area contributed by atoms with E-state index in [1.807, 2.05) is 6.07 Å². The standard InChI is InChI=1S/C22H32N8O/c1-13(2)17-11-19(29-28-17)26-20-15-5-3-6-16(15)25-22(27-20)30-10-4-7-18(30)21(31)24-14-8-9-23-12-14/h11,13-14,18,23H,3-10,12H2,1-2H3,(H,24,31)(H2,25,26,27,28,29)/t14-,18+/m1/s1. The van der Waals surface area contributed by atoms with Crippen molar-refractivity contribution >= 4 is 23.5 Å². The molecule has 0 radical (unpaired) electrons. The maximum absolute atomic E-state index is 13.0. The summed E-state index contributed by atoms with van der Waals surface area (Å²) in [4.78, 5) is 24.9. The lowest BCUT2D eigenvalue weighted by atomic mass is 10.1. The Morgan fingerprint density at radius 2 is 2.13 bits per heavy atom. The Morgan fingerprint density at radius 3 is 2.90 bits per heavy atom. The van der Waals surface area contributed by atoms with Crippen molar-refractivity contribution in [1.82, 2.24) is 30.8 Å². The molecule has 2 saturated heterocycles. The van der Waals surface area contributed by atoms with E-state index in [1.165, 1.54) is 5.56 Å². The van der Waals surface area contributed by atoms with Gasteiger partial charge in [0.25, 0.3) is 0 Å². The highest BCUT2D eigenvalue weighted by Gasteiger charge is 2.35. The predicted octanol–water partition coefficient (Wildman–Crippen LogP) is 2.00. The molecule has 0 spiro atoms. The first-order valence-corrected chi connectivity index (χ1v) is 11.6. The van der Waals surface area contributed by atoms with Gasteiger partial charge in [0.15, 0.2) is 5.82 Å². The number of amides is 1. The summed E-state index contributed by atoms with van der Waals surface area (Å²) in [6, 6.07) is 2.06. The molecule has 2 fully saturated rings. The van der Waals surface area contributed by atoms with Gasteiger partial charge in [-0.25, -0.2) is 4.98 Å². The molecule has 9 heteroatoms. The Balaban J connectivity index is 1.39. The molecule has 0 saturated carbocycles. The third-order valence-corrected chi connectivity index (χ3v) is 6.61. The third kappa shape index (κ3) is 4.11. The number of carbonyl (C=O) groups is 1. The van der Waals surface area contributed by atoms with Crippen LogP contribution < -0.4 is 20.9 Å². The summed E-state index contributed by atoms with van der Waals surface area (Å²) in [5.41, 5.74) is 3.36. The van der Waals surface area contributed by atoms with E-state index in [1.54, 1.807) is 0 Å². The number of fused-ring (bicyclic) bond motifs is 1. The molecule has 0 aromatic carbocycles. The molecular weight excluding hydrogens is 392 g/mol. The van der Waals surface area contributed by atoms with Crippen LogP contribution in [0.25, 0.3) is 0 Å². The van der Waals surface area contributed by atoms with Crippen LogP contribution >= 0.6 is 0 Å². The highest BCUT2D eigenvalue weighted by atomic mass is 16.2. The lowest BCUT2D eigenvalue weighted by Crippen LogP contribution is -2.48. The van der Waals surface area contributed by atoms with Gasteiger partial charge in [0, 0.05) is 36.5 Å². The molecule has 2 aromatic rings. The maximum Gasteiger partial charge on any atom is 0.243 e. The van der Waals surface area contributed by atoms with Crippen LogP contribution in [-0.4, -0.2) is 57.8 Å². The first-order valence-electron chi connectivity index (χ1n) is 11.6. The summed E-state index contributed by atoms with van der Waals surface area (Å²) >= 11 is 0. The highest BCUT2D eigenvalue weighted by Crippen LogP contribution is 2.32. The largest absolute Gasteiger partial charge is 0.350 e. The Hall–Kier alpha value is -2.68. The fourth-order valence-electron chi connectivity index (χ4n) is 4.82. The fourth-order valence-corrected chi connectivity index (χ4v) is 4.82. The van der Waals surface area contributed by atoms with E-state index < -0.39 is 0 Å². The van der Waals surface area contributed by atoms with Crippen LogP contribution in [0.4, 0.5) is 17.6 Å². The summed E-state index contributed by atoms with van der Waals surface area (Å²) in [7, 11) is 0. The van der Waals surface area contributed by atoms with Crippen molar-refractivity contribution in [2.75, 3.05) is 29.9 Å². The smallest absolute Gasteiger partial charge is 0.243 e. The summed E-state index contributed by atoms with van der Waals surface area (Å²) in [5, 5.41) is 17.4. The van der Waals surface area contributed by atoms with Crippen LogP contribution in [-0.2, 0) is 17.6 Å². The molecule has 0 unspecified atom stereocenters. The number of carbonyl (C=O) groups excluding carboxylic acids is 1. The van der Waals surface area contributed by atoms with Crippen LogP contribution in [0.15, 0.2) is 6.07 Å². The average Bonchev–Trinajstić information content (AvgIpc) is 3.53. The number of hydrogen-bond acceptors (Lipinski definition) is 7.